The van der Waals surface area contributed by atoms with Crippen molar-refractivity contribution in [2.24, 2.45) is 18.0 Å². The Morgan fingerprint density at radius 3 is 2.65 bits per heavy atom. The second-order valence-corrected chi connectivity index (χ2v) is 3.87. The number of hydrogen-bond acceptors (Lipinski definition) is 2. The monoisotopic (exact) mass is 235 g/mol. The van der Waals surface area contributed by atoms with Crippen LogP contribution in [0.25, 0.3) is 0 Å². The average molecular weight is 235 g/mol. The van der Waals surface area contributed by atoms with Crippen molar-refractivity contribution >= 4 is 5.71 Å². The topological polar surface area (TPSA) is 30.2 Å². The highest BCUT2D eigenvalue weighted by Gasteiger charge is 2.13. The number of allylic oxidation sites excluding steroid dienone is 1. The van der Waals surface area contributed by atoms with E-state index in [1.807, 2.05) is 44.1 Å². The summed E-state index contributed by atoms with van der Waals surface area (Å²) in [4.78, 5) is 8.74. The van der Waals surface area contributed by atoms with E-state index in [9.17, 15) is 0 Å². The Morgan fingerprint density at radius 1 is 1.35 bits per heavy atom. The first-order chi connectivity index (χ1) is 7.77. The van der Waals surface area contributed by atoms with Crippen LogP contribution < -0.4 is 0 Å². The highest BCUT2D eigenvalue weighted by molar-refractivity contribution is 5.98. The van der Waals surface area contributed by atoms with Gasteiger partial charge in [-0.2, -0.15) is 0 Å². The van der Waals surface area contributed by atoms with E-state index in [4.69, 9.17) is 0 Å². The quantitative estimate of drug-likeness (QED) is 0.728. The number of aryl methyl sites for hydroxylation is 1. The zero-order chi connectivity index (χ0) is 12.0. The minimum atomic E-state index is 0. The van der Waals surface area contributed by atoms with E-state index in [0.29, 0.717) is 5.92 Å². The van der Waals surface area contributed by atoms with Crippen LogP contribution in [-0.4, -0.2) is 15.3 Å². The number of nitrogens with zero attached hydrogens (tertiary/aromatic N) is 3. The molecule has 0 fully saturated rings. The van der Waals surface area contributed by atoms with Crippen LogP contribution in [0.2, 0.25) is 0 Å². The molecule has 0 N–H and O–H groups in total. The minimum absolute atomic E-state index is 0. The van der Waals surface area contributed by atoms with E-state index >= 15 is 0 Å². The number of aromatic nitrogens is 2. The SMILES string of the molecule is C.CC.CC1CC=CN=C(c2nccn2C)C1. The van der Waals surface area contributed by atoms with E-state index in [1.165, 1.54) is 0 Å². The Kier molecular flexibility index (Phi) is 7.19. The predicted molar refractivity (Wildman–Crippen MR) is 75.4 cm³/mol. The maximum atomic E-state index is 4.43. The van der Waals surface area contributed by atoms with Gasteiger partial charge in [0.05, 0.1) is 5.71 Å². The predicted octanol–water partition coefficient (Wildman–Crippen LogP) is 3.82. The molecule has 1 aromatic heterocycles. The zero-order valence-electron chi connectivity index (χ0n) is 10.6. The van der Waals surface area contributed by atoms with Crippen molar-refractivity contribution in [2.75, 3.05) is 0 Å². The van der Waals surface area contributed by atoms with Gasteiger partial charge in [0.1, 0.15) is 0 Å². The molecule has 0 saturated carbocycles. The van der Waals surface area contributed by atoms with Crippen LogP contribution in [0, 0.1) is 5.92 Å². The van der Waals surface area contributed by atoms with Gasteiger partial charge < -0.3 is 4.57 Å². The van der Waals surface area contributed by atoms with Gasteiger partial charge >= 0.3 is 0 Å². The Balaban J connectivity index is 0.000000811. The van der Waals surface area contributed by atoms with Crippen molar-refractivity contribution < 1.29 is 0 Å². The molecule has 2 heterocycles. The van der Waals surface area contributed by atoms with Gasteiger partial charge in [-0.1, -0.05) is 34.3 Å². The normalized spacial score (nSPS) is 18.4. The molecule has 0 bridgehead atoms. The first-order valence-corrected chi connectivity index (χ1v) is 5.96. The maximum absolute atomic E-state index is 4.43. The van der Waals surface area contributed by atoms with Crippen LogP contribution in [0.3, 0.4) is 0 Å². The Morgan fingerprint density at radius 2 is 2.06 bits per heavy atom. The van der Waals surface area contributed by atoms with E-state index in [1.54, 1.807) is 0 Å². The smallest absolute Gasteiger partial charge is 0.154 e. The average Bonchev–Trinajstić information content (AvgIpc) is 2.60. The van der Waals surface area contributed by atoms with Crippen LogP contribution in [0.4, 0.5) is 0 Å². The molecule has 0 spiro atoms. The van der Waals surface area contributed by atoms with Gasteiger partial charge in [-0.25, -0.2) is 4.98 Å². The summed E-state index contributed by atoms with van der Waals surface area (Å²) in [7, 11) is 2.00. The number of imidazole rings is 1. The first-order valence-electron chi connectivity index (χ1n) is 5.96. The van der Waals surface area contributed by atoms with Gasteiger partial charge in [0.25, 0.3) is 0 Å². The first kappa shape index (κ1) is 15.6. The minimum Gasteiger partial charge on any atom is -0.333 e. The van der Waals surface area contributed by atoms with Crippen LogP contribution in [0.5, 0.6) is 0 Å². The van der Waals surface area contributed by atoms with Gasteiger partial charge in [-0.3, -0.25) is 4.99 Å². The summed E-state index contributed by atoms with van der Waals surface area (Å²) in [6, 6.07) is 0. The lowest BCUT2D eigenvalue weighted by Crippen LogP contribution is -2.11. The van der Waals surface area contributed by atoms with Gasteiger partial charge in [0, 0.05) is 25.6 Å². The molecule has 0 radical (unpaired) electrons. The van der Waals surface area contributed by atoms with Crippen LogP contribution >= 0.6 is 0 Å². The Bertz CT molecular complexity index is 375. The van der Waals surface area contributed by atoms with E-state index in [-0.39, 0.29) is 7.43 Å². The lowest BCUT2D eigenvalue weighted by molar-refractivity contribution is 0.622. The molecule has 1 aromatic rings. The summed E-state index contributed by atoms with van der Waals surface area (Å²) in [5, 5.41) is 0. The zero-order valence-corrected chi connectivity index (χ0v) is 10.6. The van der Waals surface area contributed by atoms with Gasteiger partial charge in [-0.15, -0.1) is 0 Å². The van der Waals surface area contributed by atoms with Crippen molar-refractivity contribution in [1.82, 2.24) is 9.55 Å². The second-order valence-electron chi connectivity index (χ2n) is 3.87. The number of rotatable bonds is 1. The largest absolute Gasteiger partial charge is 0.333 e. The van der Waals surface area contributed by atoms with Crippen LogP contribution in [0.1, 0.15) is 46.9 Å². The molecule has 1 atom stereocenters. The second kappa shape index (κ2) is 7.82. The van der Waals surface area contributed by atoms with Gasteiger partial charge in [-0.05, 0) is 18.8 Å². The summed E-state index contributed by atoms with van der Waals surface area (Å²) < 4.78 is 2.02. The van der Waals surface area contributed by atoms with E-state index < -0.39 is 0 Å². The van der Waals surface area contributed by atoms with Crippen LogP contribution in [0.15, 0.2) is 29.7 Å². The van der Waals surface area contributed by atoms with E-state index in [2.05, 4.69) is 23.0 Å². The fraction of sp³-hybridized carbons (Fsp3) is 0.571. The maximum Gasteiger partial charge on any atom is 0.154 e. The molecular weight excluding hydrogens is 210 g/mol. The summed E-state index contributed by atoms with van der Waals surface area (Å²) in [5.74, 6) is 1.65. The highest BCUT2D eigenvalue weighted by Crippen LogP contribution is 2.16. The molecular formula is C14H25N3. The highest BCUT2D eigenvalue weighted by atomic mass is 15.0. The Hall–Kier alpha value is -1.38. The molecule has 1 aliphatic rings. The molecule has 3 nitrogen and oxygen atoms in total. The number of hydrogen-bond donors (Lipinski definition) is 0. The standard InChI is InChI=1S/C11H15N3.C2H6.CH4/c1-9-4-3-5-12-10(8-9)11-13-6-7-14(11)2;1-2;/h3,5-7,9H,4,8H2,1-2H3;1-2H3;1H4. The lowest BCUT2D eigenvalue weighted by atomic mass is 10.0. The third-order valence-corrected chi connectivity index (χ3v) is 2.50. The van der Waals surface area contributed by atoms with Crippen molar-refractivity contribution in [2.45, 2.75) is 41.0 Å². The molecule has 0 aromatic carbocycles. The third-order valence-electron chi connectivity index (χ3n) is 2.50. The summed E-state index contributed by atoms with van der Waals surface area (Å²) >= 11 is 0. The van der Waals surface area contributed by atoms with Crippen LogP contribution in [-0.2, 0) is 7.05 Å². The lowest BCUT2D eigenvalue weighted by Gasteiger charge is -2.08. The molecule has 1 aliphatic heterocycles. The molecule has 17 heavy (non-hydrogen) atoms. The van der Waals surface area contributed by atoms with Crippen molar-refractivity contribution in [3.05, 3.63) is 30.5 Å². The summed E-state index contributed by atoms with van der Waals surface area (Å²) in [6.07, 6.45) is 9.91. The molecule has 0 amide bonds. The molecule has 3 heteroatoms. The molecule has 2 rings (SSSR count). The molecule has 0 saturated heterocycles. The van der Waals surface area contributed by atoms with Gasteiger partial charge in [0.15, 0.2) is 5.82 Å². The summed E-state index contributed by atoms with van der Waals surface area (Å²) in [5.41, 5.74) is 1.10. The van der Waals surface area contributed by atoms with Crippen molar-refractivity contribution in [3.63, 3.8) is 0 Å². The molecule has 0 aliphatic carbocycles. The summed E-state index contributed by atoms with van der Waals surface area (Å²) in [6.45, 7) is 6.24. The van der Waals surface area contributed by atoms with Crippen molar-refractivity contribution in [1.29, 1.82) is 0 Å². The van der Waals surface area contributed by atoms with E-state index in [0.717, 1.165) is 24.4 Å². The van der Waals surface area contributed by atoms with Gasteiger partial charge in [0.2, 0.25) is 0 Å². The molecule has 1 unspecified atom stereocenters. The fourth-order valence-electron chi connectivity index (χ4n) is 1.69. The molecule has 96 valence electrons. The van der Waals surface area contributed by atoms with Crippen molar-refractivity contribution in [3.8, 4) is 0 Å². The Labute approximate surface area is 105 Å². The third kappa shape index (κ3) is 4.17. The fourth-order valence-corrected chi connectivity index (χ4v) is 1.69. The number of aliphatic imine (C=N–C) groups is 1.